The second-order valence-electron chi connectivity index (χ2n) is 4.09. The van der Waals surface area contributed by atoms with Crippen molar-refractivity contribution in [2.45, 2.75) is 6.54 Å². The molecule has 0 N–H and O–H groups in total. The van der Waals surface area contributed by atoms with Gasteiger partial charge in [0.2, 0.25) is 0 Å². The van der Waals surface area contributed by atoms with Crippen molar-refractivity contribution >= 4 is 0 Å². The highest BCUT2D eigenvalue weighted by atomic mass is 15.3. The molecule has 3 heteroatoms. The minimum absolute atomic E-state index is 0.741. The summed E-state index contributed by atoms with van der Waals surface area (Å²) in [6.07, 6.45) is 1.60. The summed E-state index contributed by atoms with van der Waals surface area (Å²) in [7, 11) is 0. The molecule has 3 rings (SSSR count). The van der Waals surface area contributed by atoms with Gasteiger partial charge in [0.15, 0.2) is 5.82 Å². The average Bonchev–Trinajstić information content (AvgIpc) is 2.89. The monoisotopic (exact) mass is 235 g/mol. The number of nitrogens with zero attached hydrogens (tertiary/aromatic N) is 3. The quantitative estimate of drug-likeness (QED) is 0.698. The van der Waals surface area contributed by atoms with E-state index < -0.39 is 0 Å². The molecule has 0 aliphatic carbocycles. The lowest BCUT2D eigenvalue weighted by molar-refractivity contribution is 0.693. The lowest BCUT2D eigenvalue weighted by atomic mass is 10.2. The second kappa shape index (κ2) is 4.84. The van der Waals surface area contributed by atoms with Crippen LogP contribution < -0.4 is 0 Å². The Hall–Kier alpha value is -2.42. The molecule has 0 aliphatic rings. The summed E-state index contributed by atoms with van der Waals surface area (Å²) in [4.78, 5) is 4.33. The fourth-order valence-electron chi connectivity index (χ4n) is 1.95. The molecule has 2 aromatic carbocycles. The molecule has 1 heterocycles. The Morgan fingerprint density at radius 1 is 0.833 bits per heavy atom. The fourth-order valence-corrected chi connectivity index (χ4v) is 1.95. The number of benzene rings is 2. The second-order valence-corrected chi connectivity index (χ2v) is 4.09. The van der Waals surface area contributed by atoms with Crippen molar-refractivity contribution in [1.29, 1.82) is 0 Å². The first-order valence-electron chi connectivity index (χ1n) is 5.90. The molecule has 0 amide bonds. The number of hydrogen-bond acceptors (Lipinski definition) is 2. The van der Waals surface area contributed by atoms with E-state index in [1.54, 1.807) is 6.33 Å². The molecular formula is C15H13N3. The maximum atomic E-state index is 4.33. The van der Waals surface area contributed by atoms with Gasteiger partial charge in [-0.2, -0.15) is 5.10 Å². The summed E-state index contributed by atoms with van der Waals surface area (Å²) in [6.45, 7) is 0.741. The summed E-state index contributed by atoms with van der Waals surface area (Å²) in [5.41, 5.74) is 2.31. The average molecular weight is 235 g/mol. The molecule has 0 saturated carbocycles. The van der Waals surface area contributed by atoms with Crippen LogP contribution in [0.4, 0.5) is 0 Å². The number of rotatable bonds is 3. The molecule has 0 fully saturated rings. The zero-order valence-electron chi connectivity index (χ0n) is 9.90. The van der Waals surface area contributed by atoms with Crippen LogP contribution in [0.3, 0.4) is 0 Å². The van der Waals surface area contributed by atoms with Crippen LogP contribution in [0.1, 0.15) is 5.56 Å². The first-order valence-corrected chi connectivity index (χ1v) is 5.90. The summed E-state index contributed by atoms with van der Waals surface area (Å²) >= 11 is 0. The van der Waals surface area contributed by atoms with Crippen molar-refractivity contribution in [2.75, 3.05) is 0 Å². The molecule has 18 heavy (non-hydrogen) atoms. The largest absolute Gasteiger partial charge is 0.241 e. The van der Waals surface area contributed by atoms with E-state index >= 15 is 0 Å². The topological polar surface area (TPSA) is 30.7 Å². The molecule has 1 aromatic heterocycles. The van der Waals surface area contributed by atoms with Crippen molar-refractivity contribution in [3.8, 4) is 11.4 Å². The van der Waals surface area contributed by atoms with Crippen LogP contribution in [0.15, 0.2) is 67.0 Å². The van der Waals surface area contributed by atoms with E-state index in [1.807, 2.05) is 53.2 Å². The third-order valence-corrected chi connectivity index (χ3v) is 2.82. The number of hydrogen-bond donors (Lipinski definition) is 0. The Labute approximate surface area is 106 Å². The van der Waals surface area contributed by atoms with Gasteiger partial charge in [0.05, 0.1) is 6.54 Å². The minimum atomic E-state index is 0.741. The van der Waals surface area contributed by atoms with Crippen LogP contribution in [0.25, 0.3) is 11.4 Å². The van der Waals surface area contributed by atoms with E-state index in [9.17, 15) is 0 Å². The van der Waals surface area contributed by atoms with E-state index in [0.29, 0.717) is 0 Å². The molecule has 88 valence electrons. The van der Waals surface area contributed by atoms with Crippen LogP contribution in [0.2, 0.25) is 0 Å². The van der Waals surface area contributed by atoms with Gasteiger partial charge in [-0.1, -0.05) is 60.7 Å². The van der Waals surface area contributed by atoms with E-state index in [0.717, 1.165) is 17.9 Å². The molecule has 0 aliphatic heterocycles. The van der Waals surface area contributed by atoms with Crippen molar-refractivity contribution in [3.05, 3.63) is 72.6 Å². The molecule has 0 radical (unpaired) electrons. The van der Waals surface area contributed by atoms with E-state index in [2.05, 4.69) is 22.2 Å². The van der Waals surface area contributed by atoms with Crippen LogP contribution >= 0.6 is 0 Å². The summed E-state index contributed by atoms with van der Waals surface area (Å²) in [5, 5.41) is 4.29. The summed E-state index contributed by atoms with van der Waals surface area (Å²) in [6, 6.07) is 20.4. The Morgan fingerprint density at radius 3 is 2.22 bits per heavy atom. The molecule has 0 saturated heterocycles. The van der Waals surface area contributed by atoms with Gasteiger partial charge in [-0.25, -0.2) is 9.67 Å². The maximum absolute atomic E-state index is 4.33. The standard InChI is InChI=1S/C15H13N3/c1-3-7-13(8-4-1)11-18-15(16-12-17-18)14-9-5-2-6-10-14/h1-10,12H,11H2. The summed E-state index contributed by atoms with van der Waals surface area (Å²) < 4.78 is 1.92. The molecule has 3 aromatic rings. The Balaban J connectivity index is 1.93. The van der Waals surface area contributed by atoms with Crippen LogP contribution in [-0.4, -0.2) is 14.8 Å². The van der Waals surface area contributed by atoms with Crippen molar-refractivity contribution in [2.24, 2.45) is 0 Å². The van der Waals surface area contributed by atoms with E-state index in [1.165, 1.54) is 5.56 Å². The van der Waals surface area contributed by atoms with Crippen LogP contribution in [0.5, 0.6) is 0 Å². The van der Waals surface area contributed by atoms with Crippen LogP contribution in [0, 0.1) is 0 Å². The molecule has 0 spiro atoms. The zero-order valence-corrected chi connectivity index (χ0v) is 9.90. The highest BCUT2D eigenvalue weighted by Gasteiger charge is 2.06. The Morgan fingerprint density at radius 2 is 1.50 bits per heavy atom. The van der Waals surface area contributed by atoms with Gasteiger partial charge in [0.1, 0.15) is 6.33 Å². The molecule has 0 bridgehead atoms. The fraction of sp³-hybridized carbons (Fsp3) is 0.0667. The van der Waals surface area contributed by atoms with Crippen molar-refractivity contribution < 1.29 is 0 Å². The normalized spacial score (nSPS) is 10.4. The predicted molar refractivity (Wildman–Crippen MR) is 71.0 cm³/mol. The van der Waals surface area contributed by atoms with Gasteiger partial charge in [-0.05, 0) is 5.56 Å². The SMILES string of the molecule is c1ccc(Cn2ncnc2-c2ccccc2)cc1. The van der Waals surface area contributed by atoms with Gasteiger partial charge in [0, 0.05) is 5.56 Å². The molecule has 3 nitrogen and oxygen atoms in total. The van der Waals surface area contributed by atoms with E-state index in [-0.39, 0.29) is 0 Å². The highest BCUT2D eigenvalue weighted by Crippen LogP contribution is 2.16. The van der Waals surface area contributed by atoms with Gasteiger partial charge in [-0.15, -0.1) is 0 Å². The predicted octanol–water partition coefficient (Wildman–Crippen LogP) is 2.99. The number of aromatic nitrogens is 3. The zero-order chi connectivity index (χ0) is 12.2. The Bertz CT molecular complexity index is 615. The molecular weight excluding hydrogens is 222 g/mol. The lowest BCUT2D eigenvalue weighted by Crippen LogP contribution is -2.03. The smallest absolute Gasteiger partial charge is 0.158 e. The highest BCUT2D eigenvalue weighted by molar-refractivity contribution is 5.54. The third-order valence-electron chi connectivity index (χ3n) is 2.82. The molecule has 0 atom stereocenters. The first kappa shape index (κ1) is 10.7. The van der Waals surface area contributed by atoms with Gasteiger partial charge in [0.25, 0.3) is 0 Å². The van der Waals surface area contributed by atoms with Gasteiger partial charge >= 0.3 is 0 Å². The van der Waals surface area contributed by atoms with Gasteiger partial charge < -0.3 is 0 Å². The van der Waals surface area contributed by atoms with E-state index in [4.69, 9.17) is 0 Å². The third kappa shape index (κ3) is 2.15. The minimum Gasteiger partial charge on any atom is -0.241 e. The van der Waals surface area contributed by atoms with Gasteiger partial charge in [-0.3, -0.25) is 0 Å². The maximum Gasteiger partial charge on any atom is 0.158 e. The molecule has 0 unspecified atom stereocenters. The van der Waals surface area contributed by atoms with Crippen molar-refractivity contribution in [3.63, 3.8) is 0 Å². The van der Waals surface area contributed by atoms with Crippen LogP contribution in [-0.2, 0) is 6.54 Å². The first-order chi connectivity index (χ1) is 8.93. The summed E-state index contributed by atoms with van der Waals surface area (Å²) in [5.74, 6) is 0.902. The Kier molecular flexibility index (Phi) is 2.88. The van der Waals surface area contributed by atoms with Crippen molar-refractivity contribution in [1.82, 2.24) is 14.8 Å². The lowest BCUT2D eigenvalue weighted by Gasteiger charge is -2.06.